The number of aryl methyl sites for hydroxylation is 2. The van der Waals surface area contributed by atoms with Gasteiger partial charge in [-0.2, -0.15) is 5.10 Å². The van der Waals surface area contributed by atoms with Crippen LogP contribution in [0.15, 0.2) is 45.3 Å². The van der Waals surface area contributed by atoms with Crippen molar-refractivity contribution in [3.8, 4) is 5.69 Å². The lowest BCUT2D eigenvalue weighted by Crippen LogP contribution is -2.43. The van der Waals surface area contributed by atoms with Gasteiger partial charge < -0.3 is 14.5 Å². The number of nitrogens with zero attached hydrogens (tertiary/aromatic N) is 3. The van der Waals surface area contributed by atoms with Crippen LogP contribution >= 0.6 is 15.9 Å². The van der Waals surface area contributed by atoms with Crippen LogP contribution in [0.3, 0.4) is 0 Å². The molecule has 1 fully saturated rings. The highest BCUT2D eigenvalue weighted by Crippen LogP contribution is 2.24. The lowest BCUT2D eigenvalue weighted by Gasteiger charge is -2.33. The topological polar surface area (TPSA) is 72.5 Å². The summed E-state index contributed by atoms with van der Waals surface area (Å²) >= 11 is 3.56. The fraction of sp³-hybridized carbons (Fsp3) is 0.391. The molecule has 1 unspecified atom stereocenters. The van der Waals surface area contributed by atoms with Crippen LogP contribution in [0.25, 0.3) is 5.69 Å². The third-order valence-electron chi connectivity index (χ3n) is 5.61. The van der Waals surface area contributed by atoms with Crippen LogP contribution in [0.4, 0.5) is 0 Å². The minimum Gasteiger partial charge on any atom is -0.465 e. The van der Waals surface area contributed by atoms with Crippen molar-refractivity contribution >= 4 is 21.8 Å². The van der Waals surface area contributed by atoms with Crippen molar-refractivity contribution in [2.75, 3.05) is 32.8 Å². The third-order valence-corrected chi connectivity index (χ3v) is 6.76. The van der Waals surface area contributed by atoms with E-state index in [-0.39, 0.29) is 11.9 Å². The highest BCUT2D eigenvalue weighted by atomic mass is 79.9. The molecule has 31 heavy (non-hydrogen) atoms. The average Bonchev–Trinajstić information content (AvgIpc) is 3.33. The number of carbonyl (C=O) groups is 1. The average molecular weight is 487 g/mol. The standard InChI is InChI=1S/C23H27BrN4O3/c1-15-4-9-21(31-15)20(27-10-12-30-13-11-27)14-25-23(29)18-5-7-19(8-6-18)28-17(3)22(24)16(2)26-28/h4-9,20H,10-14H2,1-3H3,(H,25,29). The van der Waals surface area contributed by atoms with Gasteiger partial charge in [-0.1, -0.05) is 0 Å². The Hall–Kier alpha value is -2.42. The Morgan fingerprint density at radius 2 is 1.84 bits per heavy atom. The maximum absolute atomic E-state index is 12.8. The van der Waals surface area contributed by atoms with Crippen LogP contribution in [0.2, 0.25) is 0 Å². The van der Waals surface area contributed by atoms with Gasteiger partial charge in [0, 0.05) is 25.2 Å². The molecular weight excluding hydrogens is 460 g/mol. The molecule has 0 saturated carbocycles. The zero-order chi connectivity index (χ0) is 22.0. The summed E-state index contributed by atoms with van der Waals surface area (Å²) in [6.07, 6.45) is 0. The van der Waals surface area contributed by atoms with Gasteiger partial charge in [0.15, 0.2) is 0 Å². The molecule has 1 saturated heterocycles. The van der Waals surface area contributed by atoms with Crippen molar-refractivity contribution < 1.29 is 13.9 Å². The number of furan rings is 1. The normalized spacial score (nSPS) is 15.7. The van der Waals surface area contributed by atoms with Gasteiger partial charge in [0.1, 0.15) is 11.5 Å². The molecule has 0 aliphatic carbocycles. The Bertz CT molecular complexity index is 1050. The second kappa shape index (κ2) is 9.38. The first-order chi connectivity index (χ1) is 14.9. The number of hydrogen-bond acceptors (Lipinski definition) is 5. The molecule has 1 aromatic carbocycles. The monoisotopic (exact) mass is 486 g/mol. The van der Waals surface area contributed by atoms with Crippen LogP contribution in [0.1, 0.15) is 39.3 Å². The molecule has 0 bridgehead atoms. The summed E-state index contributed by atoms with van der Waals surface area (Å²) in [5, 5.41) is 7.62. The highest BCUT2D eigenvalue weighted by molar-refractivity contribution is 9.10. The minimum atomic E-state index is -0.109. The van der Waals surface area contributed by atoms with E-state index in [1.807, 2.05) is 61.9 Å². The van der Waals surface area contributed by atoms with Crippen LogP contribution < -0.4 is 5.32 Å². The predicted molar refractivity (Wildman–Crippen MR) is 122 cm³/mol. The number of morpholine rings is 1. The van der Waals surface area contributed by atoms with E-state index < -0.39 is 0 Å². The van der Waals surface area contributed by atoms with Crippen molar-refractivity contribution in [3.05, 3.63) is 69.3 Å². The van der Waals surface area contributed by atoms with E-state index in [0.29, 0.717) is 25.3 Å². The molecule has 4 rings (SSSR count). The van der Waals surface area contributed by atoms with Gasteiger partial charge in [0.25, 0.3) is 5.91 Å². The van der Waals surface area contributed by atoms with Crippen molar-refractivity contribution in [2.45, 2.75) is 26.8 Å². The molecule has 2 aromatic heterocycles. The second-order valence-corrected chi connectivity index (χ2v) is 8.56. The van der Waals surface area contributed by atoms with Crippen LogP contribution in [0.5, 0.6) is 0 Å². The fourth-order valence-corrected chi connectivity index (χ4v) is 4.10. The Labute approximate surface area is 190 Å². The van der Waals surface area contributed by atoms with Gasteiger partial charge in [0.05, 0.1) is 40.8 Å². The summed E-state index contributed by atoms with van der Waals surface area (Å²) in [7, 11) is 0. The number of halogens is 1. The number of ether oxygens (including phenoxy) is 1. The summed E-state index contributed by atoms with van der Waals surface area (Å²) in [4.78, 5) is 15.1. The number of rotatable bonds is 6. The van der Waals surface area contributed by atoms with E-state index in [9.17, 15) is 4.79 Å². The molecule has 1 aliphatic rings. The van der Waals surface area contributed by atoms with Crippen LogP contribution in [0, 0.1) is 20.8 Å². The fourth-order valence-electron chi connectivity index (χ4n) is 3.85. The van der Waals surface area contributed by atoms with Crippen molar-refractivity contribution in [1.29, 1.82) is 0 Å². The van der Waals surface area contributed by atoms with Gasteiger partial charge in [0.2, 0.25) is 0 Å². The largest absolute Gasteiger partial charge is 0.465 e. The van der Waals surface area contributed by atoms with E-state index in [0.717, 1.165) is 46.2 Å². The maximum atomic E-state index is 12.8. The van der Waals surface area contributed by atoms with E-state index in [1.165, 1.54) is 0 Å². The van der Waals surface area contributed by atoms with E-state index in [1.54, 1.807) is 0 Å². The maximum Gasteiger partial charge on any atom is 0.251 e. The molecule has 8 heteroatoms. The van der Waals surface area contributed by atoms with Gasteiger partial charge >= 0.3 is 0 Å². The molecule has 7 nitrogen and oxygen atoms in total. The lowest BCUT2D eigenvalue weighted by molar-refractivity contribution is 0.0117. The van der Waals surface area contributed by atoms with Gasteiger partial charge in [-0.05, 0) is 73.1 Å². The van der Waals surface area contributed by atoms with E-state index in [2.05, 4.69) is 31.2 Å². The molecule has 0 radical (unpaired) electrons. The van der Waals surface area contributed by atoms with E-state index in [4.69, 9.17) is 9.15 Å². The van der Waals surface area contributed by atoms with Gasteiger partial charge in [-0.15, -0.1) is 0 Å². The van der Waals surface area contributed by atoms with Crippen molar-refractivity contribution in [2.24, 2.45) is 0 Å². The van der Waals surface area contributed by atoms with Crippen molar-refractivity contribution in [1.82, 2.24) is 20.0 Å². The second-order valence-electron chi connectivity index (χ2n) is 7.77. The summed E-state index contributed by atoms with van der Waals surface area (Å²) in [5.41, 5.74) is 3.49. The first-order valence-corrected chi connectivity index (χ1v) is 11.2. The molecule has 1 amide bonds. The quantitative estimate of drug-likeness (QED) is 0.570. The summed E-state index contributed by atoms with van der Waals surface area (Å²) in [6.45, 7) is 9.37. The SMILES string of the molecule is Cc1ccc(C(CNC(=O)c2ccc(-n3nc(C)c(Br)c3C)cc2)N2CCOCC2)o1. The third kappa shape index (κ3) is 4.76. The number of benzene rings is 1. The Balaban J connectivity index is 1.45. The summed E-state index contributed by atoms with van der Waals surface area (Å²) in [6, 6.07) is 11.4. The predicted octanol–water partition coefficient (Wildman–Crippen LogP) is 3.96. The van der Waals surface area contributed by atoms with Crippen LogP contribution in [-0.2, 0) is 4.74 Å². The number of nitrogens with one attached hydrogen (secondary N) is 1. The van der Waals surface area contributed by atoms with Gasteiger partial charge in [-0.3, -0.25) is 9.69 Å². The zero-order valence-electron chi connectivity index (χ0n) is 18.0. The Morgan fingerprint density at radius 1 is 1.13 bits per heavy atom. The molecule has 1 atom stereocenters. The Morgan fingerprint density at radius 3 is 2.42 bits per heavy atom. The molecule has 164 valence electrons. The number of hydrogen-bond donors (Lipinski definition) is 1. The first-order valence-electron chi connectivity index (χ1n) is 10.4. The number of amides is 1. The smallest absolute Gasteiger partial charge is 0.251 e. The first kappa shape index (κ1) is 21.8. The zero-order valence-corrected chi connectivity index (χ0v) is 19.6. The Kier molecular flexibility index (Phi) is 6.60. The van der Waals surface area contributed by atoms with Crippen molar-refractivity contribution in [3.63, 3.8) is 0 Å². The van der Waals surface area contributed by atoms with Gasteiger partial charge in [-0.25, -0.2) is 4.68 Å². The summed E-state index contributed by atoms with van der Waals surface area (Å²) < 4.78 is 14.2. The molecule has 0 spiro atoms. The highest BCUT2D eigenvalue weighted by Gasteiger charge is 2.26. The molecule has 1 aliphatic heterocycles. The molecular formula is C23H27BrN4O3. The molecule has 3 heterocycles. The molecule has 1 N–H and O–H groups in total. The van der Waals surface area contributed by atoms with Crippen LogP contribution in [-0.4, -0.2) is 53.4 Å². The number of carbonyl (C=O) groups excluding carboxylic acids is 1. The number of aromatic nitrogens is 2. The van der Waals surface area contributed by atoms with E-state index >= 15 is 0 Å². The minimum absolute atomic E-state index is 0.0205. The summed E-state index contributed by atoms with van der Waals surface area (Å²) in [5.74, 6) is 1.62. The lowest BCUT2D eigenvalue weighted by atomic mass is 10.1. The molecule has 3 aromatic rings.